The summed E-state index contributed by atoms with van der Waals surface area (Å²) in [5, 5.41) is 13.9. The van der Waals surface area contributed by atoms with Gasteiger partial charge in [-0.2, -0.15) is 0 Å². The summed E-state index contributed by atoms with van der Waals surface area (Å²) < 4.78 is 0. The minimum absolute atomic E-state index is 0.250. The molecule has 0 radical (unpaired) electrons. The number of aliphatic hydroxyl groups is 1. The Hall–Kier alpha value is -0.770. The summed E-state index contributed by atoms with van der Waals surface area (Å²) >= 11 is 11.2. The third kappa shape index (κ3) is 9.53. The SMILES string of the molecule is CO.Cc1ccc(C(Cl)Cl)cc1.O=CO. The van der Waals surface area contributed by atoms with E-state index in [1.807, 2.05) is 31.2 Å². The quantitative estimate of drug-likeness (QED) is 0.597. The predicted molar refractivity (Wildman–Crippen MR) is 62.5 cm³/mol. The zero-order valence-corrected chi connectivity index (χ0v) is 10.0. The van der Waals surface area contributed by atoms with E-state index in [-0.39, 0.29) is 6.47 Å². The van der Waals surface area contributed by atoms with E-state index in [1.165, 1.54) is 5.56 Å². The lowest BCUT2D eigenvalue weighted by atomic mass is 10.2. The summed E-state index contributed by atoms with van der Waals surface area (Å²) in [6.07, 6.45) is 0. The fourth-order valence-electron chi connectivity index (χ4n) is 0.712. The van der Waals surface area contributed by atoms with Crippen molar-refractivity contribution in [1.82, 2.24) is 0 Å². The molecule has 0 atom stereocenters. The van der Waals surface area contributed by atoms with Gasteiger partial charge in [-0.1, -0.05) is 29.8 Å². The fourth-order valence-corrected chi connectivity index (χ4v) is 1.00. The number of hydrogen-bond donors (Lipinski definition) is 2. The number of hydrogen-bond acceptors (Lipinski definition) is 2. The van der Waals surface area contributed by atoms with Crippen LogP contribution in [0.4, 0.5) is 0 Å². The van der Waals surface area contributed by atoms with Crippen LogP contribution in [0.25, 0.3) is 0 Å². The van der Waals surface area contributed by atoms with E-state index in [1.54, 1.807) is 0 Å². The molecule has 0 aliphatic rings. The third-order valence-corrected chi connectivity index (χ3v) is 1.83. The first-order valence-electron chi connectivity index (χ1n) is 3.99. The van der Waals surface area contributed by atoms with Crippen molar-refractivity contribution in [3.63, 3.8) is 0 Å². The van der Waals surface area contributed by atoms with Gasteiger partial charge in [0.15, 0.2) is 0 Å². The molecule has 15 heavy (non-hydrogen) atoms. The van der Waals surface area contributed by atoms with E-state index in [9.17, 15) is 0 Å². The summed E-state index contributed by atoms with van der Waals surface area (Å²) in [5.41, 5.74) is 2.17. The van der Waals surface area contributed by atoms with Crippen molar-refractivity contribution in [2.75, 3.05) is 7.11 Å². The molecule has 0 spiro atoms. The van der Waals surface area contributed by atoms with E-state index in [0.29, 0.717) is 0 Å². The Kier molecular flexibility index (Phi) is 12.6. The van der Waals surface area contributed by atoms with Crippen molar-refractivity contribution < 1.29 is 15.0 Å². The van der Waals surface area contributed by atoms with Crippen molar-refractivity contribution in [2.24, 2.45) is 0 Å². The predicted octanol–water partition coefficient (Wildman–Crippen LogP) is 2.78. The van der Waals surface area contributed by atoms with Gasteiger partial charge >= 0.3 is 0 Å². The van der Waals surface area contributed by atoms with Crippen LogP contribution in [0.1, 0.15) is 16.0 Å². The lowest BCUT2D eigenvalue weighted by Gasteiger charge is -1.99. The summed E-state index contributed by atoms with van der Waals surface area (Å²) in [5.74, 6) is 0. The van der Waals surface area contributed by atoms with Crippen molar-refractivity contribution in [1.29, 1.82) is 0 Å². The number of carbonyl (C=O) groups is 1. The van der Waals surface area contributed by atoms with Crippen LogP contribution >= 0.6 is 23.2 Å². The van der Waals surface area contributed by atoms with Crippen LogP contribution in [-0.2, 0) is 4.79 Å². The Balaban J connectivity index is 0. The van der Waals surface area contributed by atoms with Gasteiger partial charge in [-0.3, -0.25) is 4.79 Å². The highest BCUT2D eigenvalue weighted by Gasteiger charge is 2.00. The number of halogens is 2. The molecule has 2 N–H and O–H groups in total. The number of aryl methyl sites for hydroxylation is 1. The van der Waals surface area contributed by atoms with Gasteiger partial charge in [0.2, 0.25) is 0 Å². The molecule has 0 saturated carbocycles. The Morgan fingerprint density at radius 2 is 1.53 bits per heavy atom. The molecule has 0 aromatic heterocycles. The van der Waals surface area contributed by atoms with Crippen LogP contribution in [0.2, 0.25) is 0 Å². The first-order chi connectivity index (χ1) is 7.11. The maximum absolute atomic E-state index is 8.36. The van der Waals surface area contributed by atoms with Gasteiger partial charge in [0, 0.05) is 7.11 Å². The topological polar surface area (TPSA) is 57.5 Å². The Labute approximate surface area is 99.3 Å². The van der Waals surface area contributed by atoms with Crippen LogP contribution in [0.5, 0.6) is 0 Å². The molecule has 0 heterocycles. The van der Waals surface area contributed by atoms with Crippen LogP contribution < -0.4 is 0 Å². The monoisotopic (exact) mass is 252 g/mol. The summed E-state index contributed by atoms with van der Waals surface area (Å²) in [6.45, 7) is 1.78. The van der Waals surface area contributed by atoms with E-state index < -0.39 is 4.84 Å². The largest absolute Gasteiger partial charge is 0.483 e. The van der Waals surface area contributed by atoms with E-state index >= 15 is 0 Å². The maximum atomic E-state index is 8.36. The van der Waals surface area contributed by atoms with Crippen LogP contribution in [0.15, 0.2) is 24.3 Å². The molecule has 0 saturated heterocycles. The number of benzene rings is 1. The van der Waals surface area contributed by atoms with Crippen molar-refractivity contribution in [3.05, 3.63) is 35.4 Å². The zero-order chi connectivity index (χ0) is 12.3. The smallest absolute Gasteiger partial charge is 0.290 e. The summed E-state index contributed by atoms with van der Waals surface area (Å²) in [4.78, 5) is 7.96. The van der Waals surface area contributed by atoms with Gasteiger partial charge < -0.3 is 10.2 Å². The number of alkyl halides is 2. The number of aliphatic hydroxyl groups excluding tert-OH is 1. The molecule has 0 aliphatic carbocycles. The van der Waals surface area contributed by atoms with Gasteiger partial charge in [0.25, 0.3) is 6.47 Å². The van der Waals surface area contributed by atoms with E-state index in [4.69, 9.17) is 38.2 Å². The van der Waals surface area contributed by atoms with Gasteiger partial charge in [-0.05, 0) is 12.5 Å². The molecule has 0 fully saturated rings. The standard InChI is InChI=1S/C8H8Cl2.CH2O2.CH4O/c1-6-2-4-7(5-3-6)8(9)10;2-1-3;1-2/h2-5,8H,1H3;1H,(H,2,3);2H,1H3. The molecule has 1 rings (SSSR count). The second kappa shape index (κ2) is 11.3. The average molecular weight is 253 g/mol. The lowest BCUT2D eigenvalue weighted by molar-refractivity contribution is -0.122. The van der Waals surface area contributed by atoms with Gasteiger partial charge in [0.05, 0.1) is 0 Å². The molecular weight excluding hydrogens is 239 g/mol. The molecule has 1 aromatic carbocycles. The minimum Gasteiger partial charge on any atom is -0.483 e. The summed E-state index contributed by atoms with van der Waals surface area (Å²) in [7, 11) is 1.00. The van der Waals surface area contributed by atoms with Gasteiger partial charge in [0.1, 0.15) is 4.84 Å². The van der Waals surface area contributed by atoms with Crippen molar-refractivity contribution in [2.45, 2.75) is 11.8 Å². The Morgan fingerprint density at radius 1 is 1.20 bits per heavy atom. The van der Waals surface area contributed by atoms with Crippen molar-refractivity contribution in [3.8, 4) is 0 Å². The van der Waals surface area contributed by atoms with Crippen LogP contribution in [0.3, 0.4) is 0 Å². The highest BCUT2D eigenvalue weighted by molar-refractivity contribution is 6.44. The fraction of sp³-hybridized carbons (Fsp3) is 0.300. The molecule has 0 amide bonds. The molecule has 3 nitrogen and oxygen atoms in total. The Morgan fingerprint density at radius 3 is 1.80 bits per heavy atom. The van der Waals surface area contributed by atoms with Crippen molar-refractivity contribution >= 4 is 29.7 Å². The van der Waals surface area contributed by atoms with E-state index in [2.05, 4.69) is 0 Å². The van der Waals surface area contributed by atoms with Crippen LogP contribution in [0, 0.1) is 6.92 Å². The molecular formula is C10H14Cl2O3. The molecule has 86 valence electrons. The number of carboxylic acid groups (broad SMARTS) is 1. The highest BCUT2D eigenvalue weighted by atomic mass is 35.5. The zero-order valence-electron chi connectivity index (χ0n) is 8.52. The second-order valence-electron chi connectivity index (χ2n) is 2.32. The maximum Gasteiger partial charge on any atom is 0.290 e. The summed E-state index contributed by atoms with van der Waals surface area (Å²) in [6, 6.07) is 7.85. The van der Waals surface area contributed by atoms with Gasteiger partial charge in [-0.15, -0.1) is 23.2 Å². The number of rotatable bonds is 1. The molecule has 5 heteroatoms. The lowest BCUT2D eigenvalue weighted by Crippen LogP contribution is -1.80. The normalized spacial score (nSPS) is 8.13. The average Bonchev–Trinajstić information content (AvgIpc) is 2.22. The first-order valence-corrected chi connectivity index (χ1v) is 4.86. The highest BCUT2D eigenvalue weighted by Crippen LogP contribution is 2.24. The Bertz CT molecular complexity index is 247. The molecule has 0 bridgehead atoms. The minimum atomic E-state index is -0.402. The molecule has 1 aromatic rings. The van der Waals surface area contributed by atoms with Gasteiger partial charge in [-0.25, -0.2) is 0 Å². The first kappa shape index (κ1) is 16.7. The molecule has 0 unspecified atom stereocenters. The molecule has 0 aliphatic heterocycles. The van der Waals surface area contributed by atoms with Crippen LogP contribution in [-0.4, -0.2) is 23.8 Å². The second-order valence-corrected chi connectivity index (χ2v) is 3.41. The third-order valence-electron chi connectivity index (χ3n) is 1.33. The van der Waals surface area contributed by atoms with E-state index in [0.717, 1.165) is 12.7 Å².